The molecule has 1 aliphatic rings. The van der Waals surface area contributed by atoms with Gasteiger partial charge in [-0.25, -0.2) is 0 Å². The van der Waals surface area contributed by atoms with Crippen LogP contribution in [0.15, 0.2) is 206 Å². The Morgan fingerprint density at radius 3 is 1.56 bits per heavy atom. The van der Waals surface area contributed by atoms with Gasteiger partial charge in [-0.05, 0) is 105 Å². The zero-order chi connectivity index (χ0) is 34.4. The lowest BCUT2D eigenvalue weighted by Gasteiger charge is -2.27. The third kappa shape index (κ3) is 5.04. The molecule has 0 bridgehead atoms. The molecule has 1 aliphatic carbocycles. The van der Waals surface area contributed by atoms with E-state index < -0.39 is 0 Å². The number of rotatable bonds is 6. The average Bonchev–Trinajstić information content (AvgIpc) is 3.57. The Bertz CT molecular complexity index is 2710. The average molecular weight is 663 g/mol. The Kier molecular flexibility index (Phi) is 7.18. The van der Waals surface area contributed by atoms with Gasteiger partial charge in [0.2, 0.25) is 0 Å². The second-order valence-electron chi connectivity index (χ2n) is 13.4. The van der Waals surface area contributed by atoms with E-state index in [0.29, 0.717) is 0 Å². The number of nitrogens with zero attached hydrogens (tertiary/aromatic N) is 2. The van der Waals surface area contributed by atoms with Gasteiger partial charge in [0.1, 0.15) is 0 Å². The lowest BCUT2D eigenvalue weighted by Crippen LogP contribution is -2.10. The highest BCUT2D eigenvalue weighted by Crippen LogP contribution is 2.50. The smallest absolute Gasteiger partial charge is 0.0541 e. The van der Waals surface area contributed by atoms with Crippen LogP contribution >= 0.6 is 0 Å². The van der Waals surface area contributed by atoms with E-state index >= 15 is 0 Å². The number of hydrogen-bond acceptors (Lipinski definition) is 1. The molecule has 0 spiro atoms. The van der Waals surface area contributed by atoms with E-state index in [0.717, 1.165) is 22.7 Å². The van der Waals surface area contributed by atoms with Crippen LogP contribution in [0.3, 0.4) is 0 Å². The fourth-order valence-electron chi connectivity index (χ4n) is 7.94. The zero-order valence-corrected chi connectivity index (χ0v) is 28.5. The van der Waals surface area contributed by atoms with E-state index in [9.17, 15) is 0 Å². The fraction of sp³-hybridized carbons (Fsp3) is 0. The molecular weight excluding hydrogens is 629 g/mol. The molecule has 10 rings (SSSR count). The Hall–Kier alpha value is -6.90. The van der Waals surface area contributed by atoms with Gasteiger partial charge in [-0.1, -0.05) is 146 Å². The lowest BCUT2D eigenvalue weighted by atomic mass is 9.93. The van der Waals surface area contributed by atoms with Gasteiger partial charge in [0.05, 0.1) is 5.52 Å². The monoisotopic (exact) mass is 662 g/mol. The topological polar surface area (TPSA) is 8.17 Å². The first-order valence-corrected chi connectivity index (χ1v) is 17.8. The van der Waals surface area contributed by atoms with E-state index in [1.807, 2.05) is 0 Å². The number of hydrogen-bond donors (Lipinski definition) is 0. The summed E-state index contributed by atoms with van der Waals surface area (Å²) in [6, 6.07) is 72.3. The van der Waals surface area contributed by atoms with Crippen LogP contribution in [0, 0.1) is 0 Å². The summed E-state index contributed by atoms with van der Waals surface area (Å²) in [5.41, 5.74) is 18.0. The van der Waals surface area contributed by atoms with Crippen molar-refractivity contribution in [2.45, 2.75) is 0 Å². The molecule has 1 heterocycles. The first-order valence-electron chi connectivity index (χ1n) is 17.8. The van der Waals surface area contributed by atoms with E-state index in [4.69, 9.17) is 0 Å². The summed E-state index contributed by atoms with van der Waals surface area (Å²) >= 11 is 0. The van der Waals surface area contributed by atoms with Gasteiger partial charge in [-0.3, -0.25) is 0 Å². The normalized spacial score (nSPS) is 11.5. The predicted octanol–water partition coefficient (Wildman–Crippen LogP) is 13.7. The van der Waals surface area contributed by atoms with Crippen molar-refractivity contribution in [2.75, 3.05) is 4.90 Å². The highest BCUT2D eigenvalue weighted by Gasteiger charge is 2.25. The first-order chi connectivity index (χ1) is 25.8. The molecule has 8 aromatic carbocycles. The number of aromatic nitrogens is 1. The molecule has 0 fully saturated rings. The summed E-state index contributed by atoms with van der Waals surface area (Å²) in [7, 11) is 0. The quantitative estimate of drug-likeness (QED) is 0.172. The van der Waals surface area contributed by atoms with Crippen molar-refractivity contribution in [1.82, 2.24) is 4.57 Å². The summed E-state index contributed by atoms with van der Waals surface area (Å²) in [6.45, 7) is 0. The molecule has 52 heavy (non-hydrogen) atoms. The van der Waals surface area contributed by atoms with Crippen molar-refractivity contribution < 1.29 is 0 Å². The molecule has 0 radical (unpaired) electrons. The van der Waals surface area contributed by atoms with Crippen molar-refractivity contribution in [2.24, 2.45) is 0 Å². The van der Waals surface area contributed by atoms with Crippen LogP contribution in [-0.4, -0.2) is 4.57 Å². The largest absolute Gasteiger partial charge is 0.316 e. The third-order valence-electron chi connectivity index (χ3n) is 10.4. The van der Waals surface area contributed by atoms with Crippen LogP contribution < -0.4 is 4.90 Å². The SMILES string of the molecule is c1ccc(-c2ccc(N(c3ccccc3)c3ccc4c(c3)-c3ccccc3-c3cccc5c3c-4cn5-c3cccc(-c4ccccc4)c3)cc2)cc1. The van der Waals surface area contributed by atoms with Crippen LogP contribution in [0.25, 0.3) is 72.2 Å². The summed E-state index contributed by atoms with van der Waals surface area (Å²) < 4.78 is 2.37. The highest BCUT2D eigenvalue weighted by molar-refractivity contribution is 6.14. The first kappa shape index (κ1) is 30.0. The maximum absolute atomic E-state index is 2.39. The second kappa shape index (κ2) is 12.5. The molecule has 0 unspecified atom stereocenters. The summed E-state index contributed by atoms with van der Waals surface area (Å²) in [6.07, 6.45) is 2.35. The molecule has 0 saturated heterocycles. The maximum Gasteiger partial charge on any atom is 0.0541 e. The maximum atomic E-state index is 2.39. The molecule has 2 heteroatoms. The Labute approximate surface area is 304 Å². The number of para-hydroxylation sites is 1. The van der Waals surface area contributed by atoms with Gasteiger partial charge in [-0.2, -0.15) is 0 Å². The standard InChI is InChI=1S/C50H34N2/c1-4-14-35(15-5-1)37-26-28-40(29-27-37)52(39-19-8-3-9-20-39)42-30-31-45-47(33-42)44-23-11-10-22-43(44)46-24-13-25-49-50(46)48(45)34-51(49)41-21-12-18-38(32-41)36-16-6-2-7-17-36/h1-34H. The van der Waals surface area contributed by atoms with E-state index in [1.54, 1.807) is 0 Å². The van der Waals surface area contributed by atoms with Crippen LogP contribution in [0.5, 0.6) is 0 Å². The fourth-order valence-corrected chi connectivity index (χ4v) is 7.94. The number of benzene rings is 8. The van der Waals surface area contributed by atoms with Gasteiger partial charge in [0.25, 0.3) is 0 Å². The van der Waals surface area contributed by atoms with Crippen molar-refractivity contribution in [3.8, 4) is 61.3 Å². The third-order valence-corrected chi connectivity index (χ3v) is 10.4. The van der Waals surface area contributed by atoms with E-state index in [-0.39, 0.29) is 0 Å². The summed E-state index contributed by atoms with van der Waals surface area (Å²) in [5, 5.41) is 1.28. The van der Waals surface area contributed by atoms with Gasteiger partial charge < -0.3 is 9.47 Å². The van der Waals surface area contributed by atoms with E-state index in [2.05, 4.69) is 216 Å². The Morgan fingerprint density at radius 1 is 0.308 bits per heavy atom. The molecule has 0 N–H and O–H groups in total. The van der Waals surface area contributed by atoms with Gasteiger partial charge in [-0.15, -0.1) is 0 Å². The number of anilines is 3. The van der Waals surface area contributed by atoms with Crippen molar-refractivity contribution >= 4 is 28.0 Å². The highest BCUT2D eigenvalue weighted by atomic mass is 15.1. The van der Waals surface area contributed by atoms with Crippen LogP contribution in [0.2, 0.25) is 0 Å². The minimum absolute atomic E-state index is 1.11. The van der Waals surface area contributed by atoms with Gasteiger partial charge >= 0.3 is 0 Å². The Balaban J connectivity index is 1.16. The van der Waals surface area contributed by atoms with Gasteiger partial charge in [0, 0.05) is 39.9 Å². The zero-order valence-electron chi connectivity index (χ0n) is 28.5. The number of fused-ring (bicyclic) bond motifs is 5. The minimum Gasteiger partial charge on any atom is -0.316 e. The molecule has 1 aromatic heterocycles. The molecule has 0 atom stereocenters. The van der Waals surface area contributed by atoms with Crippen molar-refractivity contribution in [1.29, 1.82) is 0 Å². The Morgan fingerprint density at radius 2 is 0.827 bits per heavy atom. The second-order valence-corrected chi connectivity index (χ2v) is 13.4. The van der Waals surface area contributed by atoms with E-state index in [1.165, 1.54) is 66.5 Å². The lowest BCUT2D eigenvalue weighted by molar-refractivity contribution is 1.13. The minimum atomic E-state index is 1.11. The predicted molar refractivity (Wildman–Crippen MR) is 219 cm³/mol. The van der Waals surface area contributed by atoms with Crippen molar-refractivity contribution in [3.63, 3.8) is 0 Å². The van der Waals surface area contributed by atoms with Crippen LogP contribution in [0.4, 0.5) is 17.1 Å². The molecule has 0 aliphatic heterocycles. The molecule has 244 valence electrons. The molecule has 0 saturated carbocycles. The van der Waals surface area contributed by atoms with Crippen LogP contribution in [-0.2, 0) is 0 Å². The van der Waals surface area contributed by atoms with Crippen molar-refractivity contribution in [3.05, 3.63) is 206 Å². The summed E-state index contributed by atoms with van der Waals surface area (Å²) in [4.78, 5) is 2.37. The summed E-state index contributed by atoms with van der Waals surface area (Å²) in [5.74, 6) is 0. The molecular formula is C50H34N2. The molecule has 2 nitrogen and oxygen atoms in total. The molecule has 0 amide bonds. The van der Waals surface area contributed by atoms with Crippen LogP contribution in [0.1, 0.15) is 0 Å². The van der Waals surface area contributed by atoms with Gasteiger partial charge in [0.15, 0.2) is 0 Å². The molecule has 9 aromatic rings.